The lowest BCUT2D eigenvalue weighted by atomic mass is 10.0. The van der Waals surface area contributed by atoms with Crippen molar-refractivity contribution in [1.29, 1.82) is 0 Å². The number of rotatable bonds is 12. The van der Waals surface area contributed by atoms with Crippen molar-refractivity contribution in [2.24, 2.45) is 0 Å². The van der Waals surface area contributed by atoms with Crippen molar-refractivity contribution in [1.82, 2.24) is 0 Å². The third kappa shape index (κ3) is 7.44. The maximum atomic E-state index is 14.4. The maximum Gasteiger partial charge on any atom is 0.191 e. The van der Waals surface area contributed by atoms with Gasteiger partial charge in [-0.2, -0.15) is 0 Å². The van der Waals surface area contributed by atoms with Gasteiger partial charge in [0.1, 0.15) is 19.0 Å². The fourth-order valence-electron chi connectivity index (χ4n) is 3.94. The third-order valence-electron chi connectivity index (χ3n) is 5.95. The first-order valence-electron chi connectivity index (χ1n) is 12.2. The molecule has 0 bridgehead atoms. The Balaban J connectivity index is 1.27. The molecule has 0 heterocycles. The van der Waals surface area contributed by atoms with Gasteiger partial charge in [0.15, 0.2) is 34.8 Å². The molecule has 4 aromatic carbocycles. The van der Waals surface area contributed by atoms with E-state index in [1.165, 1.54) is 0 Å². The average molecular weight is 523 g/mol. The minimum atomic E-state index is -0.844. The first kappa shape index (κ1) is 26.9. The van der Waals surface area contributed by atoms with Gasteiger partial charge in [0.2, 0.25) is 0 Å². The number of benzene rings is 4. The maximum absolute atomic E-state index is 14.4. The monoisotopic (exact) mass is 522 g/mol. The summed E-state index contributed by atoms with van der Waals surface area (Å²) < 4.78 is 68.3. The zero-order valence-electron chi connectivity index (χ0n) is 20.6. The van der Waals surface area contributed by atoms with Crippen molar-refractivity contribution in [2.75, 3.05) is 0 Å². The Bertz CT molecular complexity index is 1220. The summed E-state index contributed by atoms with van der Waals surface area (Å²) in [6.07, 6.45) is 0.319. The van der Waals surface area contributed by atoms with Crippen LogP contribution in [-0.4, -0.2) is 5.78 Å². The number of carbonyl (C=O) groups excluding carboxylic acids is 1. The Labute approximate surface area is 218 Å². The van der Waals surface area contributed by atoms with Crippen LogP contribution in [0.15, 0.2) is 84.9 Å². The molecule has 0 spiro atoms. The summed E-state index contributed by atoms with van der Waals surface area (Å²) in [5.74, 6) is -4.51. The summed E-state index contributed by atoms with van der Waals surface area (Å²) >= 11 is 0. The predicted octanol–water partition coefficient (Wildman–Crippen LogP) is 7.54. The fraction of sp³-hybridized carbons (Fsp3) is 0.194. The molecule has 0 N–H and O–H groups in total. The smallest absolute Gasteiger partial charge is 0.191 e. The molecule has 196 valence electrons. The van der Waals surface area contributed by atoms with Crippen LogP contribution in [0.2, 0.25) is 0 Å². The van der Waals surface area contributed by atoms with E-state index in [0.29, 0.717) is 11.1 Å². The largest absolute Gasteiger partial charge is 0.483 e. The summed E-state index contributed by atoms with van der Waals surface area (Å²) in [5, 5.41) is 0. The predicted molar refractivity (Wildman–Crippen MR) is 136 cm³/mol. The molecule has 0 aliphatic carbocycles. The zero-order chi connectivity index (χ0) is 26.9. The van der Waals surface area contributed by atoms with Crippen LogP contribution in [0.3, 0.4) is 0 Å². The number of aryl methyl sites for hydroxylation is 2. The normalized spacial score (nSPS) is 10.8. The van der Waals surface area contributed by atoms with Gasteiger partial charge in [0, 0.05) is 12.8 Å². The van der Waals surface area contributed by atoms with Gasteiger partial charge < -0.3 is 9.47 Å². The van der Waals surface area contributed by atoms with Gasteiger partial charge in [-0.05, 0) is 59.4 Å². The summed E-state index contributed by atoms with van der Waals surface area (Å²) in [5.41, 5.74) is 2.18. The molecule has 4 aromatic rings. The number of halogens is 4. The van der Waals surface area contributed by atoms with E-state index in [4.69, 9.17) is 9.47 Å². The SMILES string of the molecule is O=C(CCc1cc(F)c(OCc2ccccc2)c(F)c1)CCc1cc(F)c(OCc2ccccc2)c(F)c1. The van der Waals surface area contributed by atoms with Crippen molar-refractivity contribution in [3.63, 3.8) is 0 Å². The molecule has 0 unspecified atom stereocenters. The van der Waals surface area contributed by atoms with E-state index in [2.05, 4.69) is 0 Å². The lowest BCUT2D eigenvalue weighted by Crippen LogP contribution is -2.05. The Kier molecular flexibility index (Phi) is 9.14. The molecule has 0 atom stereocenters. The van der Waals surface area contributed by atoms with Gasteiger partial charge in [-0.15, -0.1) is 0 Å². The van der Waals surface area contributed by atoms with E-state index < -0.39 is 34.8 Å². The molecular weight excluding hydrogens is 496 g/mol. The molecular formula is C31H26F4O3. The van der Waals surface area contributed by atoms with E-state index in [9.17, 15) is 22.4 Å². The van der Waals surface area contributed by atoms with Crippen molar-refractivity contribution < 1.29 is 31.8 Å². The topological polar surface area (TPSA) is 35.5 Å². The molecule has 0 aliphatic rings. The van der Waals surface area contributed by atoms with Crippen LogP contribution in [-0.2, 0) is 30.8 Å². The standard InChI is InChI=1S/C31H26F4O3/c32-26-15-23(16-27(33)30(26)37-19-21-7-3-1-4-8-21)11-13-25(36)14-12-24-17-28(34)31(29(35)18-24)38-20-22-9-5-2-6-10-22/h1-10,15-18H,11-14,19-20H2. The van der Waals surface area contributed by atoms with E-state index in [1.807, 2.05) is 12.1 Å². The van der Waals surface area contributed by atoms with Crippen LogP contribution in [0.4, 0.5) is 17.6 Å². The first-order chi connectivity index (χ1) is 18.4. The highest BCUT2D eigenvalue weighted by atomic mass is 19.1. The van der Waals surface area contributed by atoms with Crippen LogP contribution < -0.4 is 9.47 Å². The van der Waals surface area contributed by atoms with Gasteiger partial charge in [-0.25, -0.2) is 17.6 Å². The van der Waals surface area contributed by atoms with Gasteiger partial charge >= 0.3 is 0 Å². The van der Waals surface area contributed by atoms with Crippen molar-refractivity contribution in [3.05, 3.63) is 130 Å². The lowest BCUT2D eigenvalue weighted by Gasteiger charge is -2.11. The van der Waals surface area contributed by atoms with E-state index >= 15 is 0 Å². The van der Waals surface area contributed by atoms with Crippen LogP contribution >= 0.6 is 0 Å². The van der Waals surface area contributed by atoms with Crippen LogP contribution in [0.1, 0.15) is 35.1 Å². The number of carbonyl (C=O) groups is 1. The summed E-state index contributed by atoms with van der Waals surface area (Å²) in [6, 6.07) is 22.6. The van der Waals surface area contributed by atoms with E-state index in [1.54, 1.807) is 48.5 Å². The Hall–Kier alpha value is -4.13. The number of hydrogen-bond acceptors (Lipinski definition) is 3. The second-order valence-electron chi connectivity index (χ2n) is 8.86. The number of hydrogen-bond donors (Lipinski definition) is 0. The van der Waals surface area contributed by atoms with Crippen LogP contribution in [0.5, 0.6) is 11.5 Å². The second kappa shape index (κ2) is 12.9. The molecule has 0 amide bonds. The molecule has 7 heteroatoms. The Morgan fingerprint density at radius 1 is 0.526 bits per heavy atom. The highest BCUT2D eigenvalue weighted by molar-refractivity contribution is 5.78. The lowest BCUT2D eigenvalue weighted by molar-refractivity contribution is -0.119. The summed E-state index contributed by atoms with van der Waals surface area (Å²) in [6.45, 7) is 0.0433. The Morgan fingerprint density at radius 2 is 0.868 bits per heavy atom. The van der Waals surface area contributed by atoms with Gasteiger partial charge in [-0.3, -0.25) is 4.79 Å². The quantitative estimate of drug-likeness (QED) is 0.180. The van der Waals surface area contributed by atoms with E-state index in [0.717, 1.165) is 35.4 Å². The van der Waals surface area contributed by atoms with Crippen LogP contribution in [0.25, 0.3) is 0 Å². The highest BCUT2D eigenvalue weighted by Crippen LogP contribution is 2.27. The highest BCUT2D eigenvalue weighted by Gasteiger charge is 2.16. The van der Waals surface area contributed by atoms with Gasteiger partial charge in [0.05, 0.1) is 0 Å². The minimum absolute atomic E-state index is 0.0217. The summed E-state index contributed by atoms with van der Waals surface area (Å²) in [7, 11) is 0. The molecule has 3 nitrogen and oxygen atoms in total. The minimum Gasteiger partial charge on any atom is -0.483 e. The first-order valence-corrected chi connectivity index (χ1v) is 12.2. The van der Waals surface area contributed by atoms with Crippen LogP contribution in [0, 0.1) is 23.3 Å². The molecule has 0 saturated heterocycles. The van der Waals surface area contributed by atoms with Crippen molar-refractivity contribution in [2.45, 2.75) is 38.9 Å². The third-order valence-corrected chi connectivity index (χ3v) is 5.95. The van der Waals surface area contributed by atoms with Gasteiger partial charge in [-0.1, -0.05) is 60.7 Å². The average Bonchev–Trinajstić information content (AvgIpc) is 2.91. The molecule has 38 heavy (non-hydrogen) atoms. The molecule has 0 fully saturated rings. The molecule has 0 radical (unpaired) electrons. The number of ketones is 1. The molecule has 0 saturated carbocycles. The number of ether oxygens (including phenoxy) is 2. The second-order valence-corrected chi connectivity index (χ2v) is 8.86. The fourth-order valence-corrected chi connectivity index (χ4v) is 3.94. The van der Waals surface area contributed by atoms with Gasteiger partial charge in [0.25, 0.3) is 0 Å². The molecule has 4 rings (SSSR count). The van der Waals surface area contributed by atoms with Crippen molar-refractivity contribution >= 4 is 5.78 Å². The molecule has 0 aliphatic heterocycles. The Morgan fingerprint density at radius 3 is 1.21 bits per heavy atom. The van der Waals surface area contributed by atoms with Crippen molar-refractivity contribution in [3.8, 4) is 11.5 Å². The van der Waals surface area contributed by atoms with E-state index in [-0.39, 0.29) is 44.7 Å². The summed E-state index contributed by atoms with van der Waals surface area (Å²) in [4.78, 5) is 12.4. The molecule has 0 aromatic heterocycles. The zero-order valence-corrected chi connectivity index (χ0v) is 20.6. The number of Topliss-reactive ketones (excluding diaryl/α,β-unsaturated/α-hetero) is 1.